The molecule has 0 unspecified atom stereocenters. The van der Waals surface area contributed by atoms with Gasteiger partial charge in [-0.15, -0.1) is 0 Å². The molecule has 6 rings (SSSR count). The lowest BCUT2D eigenvalue weighted by molar-refractivity contribution is 0.0953. The van der Waals surface area contributed by atoms with Gasteiger partial charge >= 0.3 is 0 Å². The Morgan fingerprint density at radius 3 is 2.51 bits per heavy atom. The molecule has 178 valence electrons. The van der Waals surface area contributed by atoms with Crippen LogP contribution in [0.5, 0.6) is 5.75 Å². The highest BCUT2D eigenvalue weighted by molar-refractivity contribution is 6.04. The maximum atomic E-state index is 14.0. The van der Waals surface area contributed by atoms with Crippen molar-refractivity contribution < 1.29 is 9.47 Å². The first kappa shape index (κ1) is 21.7. The average molecular weight is 470 g/mol. The topological polar surface area (TPSA) is 84.1 Å². The van der Waals surface area contributed by atoms with Crippen LogP contribution < -0.4 is 10.3 Å². The number of para-hydroxylation sites is 3. The number of hydrogen-bond donors (Lipinski definition) is 0. The number of fused-ring (bicyclic) bond motifs is 4. The van der Waals surface area contributed by atoms with Crippen LogP contribution in [0.3, 0.4) is 0 Å². The number of hydrogen-bond acceptors (Lipinski definition) is 6. The standard InChI is InChI=1S/C27H27N5O3/c1-3-22-30-25-23(27(33)31(22)16-18-10-8-14-35-18)24-26(29-20-12-6-5-11-19(20)28-24)32(25)15-17-9-4-7-13-21(17)34-2/h4-7,9,11-13,18H,3,8,10,14-16H2,1-2H3/t18-/m0/s1. The first-order chi connectivity index (χ1) is 17.2. The van der Waals surface area contributed by atoms with Crippen molar-refractivity contribution in [2.24, 2.45) is 0 Å². The van der Waals surface area contributed by atoms with E-state index < -0.39 is 0 Å². The molecule has 1 atom stereocenters. The molecule has 5 aromatic rings. The van der Waals surface area contributed by atoms with Gasteiger partial charge in [-0.25, -0.2) is 15.0 Å². The number of benzene rings is 2. The highest BCUT2D eigenvalue weighted by Crippen LogP contribution is 2.28. The van der Waals surface area contributed by atoms with Gasteiger partial charge < -0.3 is 14.0 Å². The molecule has 2 aromatic carbocycles. The monoisotopic (exact) mass is 469 g/mol. The molecule has 0 spiro atoms. The third kappa shape index (κ3) is 3.65. The van der Waals surface area contributed by atoms with E-state index in [9.17, 15) is 4.79 Å². The molecule has 35 heavy (non-hydrogen) atoms. The molecule has 0 aliphatic carbocycles. The molecule has 1 saturated heterocycles. The Hall–Kier alpha value is -3.78. The Balaban J connectivity index is 1.66. The quantitative estimate of drug-likeness (QED) is 0.372. The summed E-state index contributed by atoms with van der Waals surface area (Å²) in [5.41, 5.74) is 4.25. The first-order valence-corrected chi connectivity index (χ1v) is 12.1. The minimum Gasteiger partial charge on any atom is -0.496 e. The van der Waals surface area contributed by atoms with Crippen molar-refractivity contribution >= 4 is 33.2 Å². The van der Waals surface area contributed by atoms with Gasteiger partial charge in [0.05, 0.1) is 37.3 Å². The average Bonchev–Trinajstić information content (AvgIpc) is 3.51. The Morgan fingerprint density at radius 1 is 1.00 bits per heavy atom. The molecule has 4 heterocycles. The van der Waals surface area contributed by atoms with E-state index in [1.54, 1.807) is 11.7 Å². The molecule has 0 bridgehead atoms. The summed E-state index contributed by atoms with van der Waals surface area (Å²) < 4.78 is 15.2. The van der Waals surface area contributed by atoms with Crippen molar-refractivity contribution in [1.29, 1.82) is 0 Å². The second-order valence-electron chi connectivity index (χ2n) is 8.91. The van der Waals surface area contributed by atoms with E-state index >= 15 is 0 Å². The fraction of sp³-hybridized carbons (Fsp3) is 0.333. The SMILES string of the molecule is CCc1nc2c(c(=O)n1C[C@@H]1CCCO1)c1nc3ccccc3nc1n2Cc1ccccc1OC. The smallest absolute Gasteiger partial charge is 0.265 e. The summed E-state index contributed by atoms with van der Waals surface area (Å²) >= 11 is 0. The molecule has 8 heteroatoms. The number of rotatable bonds is 6. The molecule has 1 aliphatic rings. The number of aromatic nitrogens is 5. The molecule has 0 N–H and O–H groups in total. The van der Waals surface area contributed by atoms with E-state index in [0.29, 0.717) is 41.7 Å². The maximum Gasteiger partial charge on any atom is 0.265 e. The summed E-state index contributed by atoms with van der Waals surface area (Å²) in [6.07, 6.45) is 2.64. The zero-order valence-corrected chi connectivity index (χ0v) is 19.9. The summed E-state index contributed by atoms with van der Waals surface area (Å²) in [5.74, 6) is 1.52. The second-order valence-corrected chi connectivity index (χ2v) is 8.91. The van der Waals surface area contributed by atoms with E-state index in [-0.39, 0.29) is 11.7 Å². The van der Waals surface area contributed by atoms with E-state index in [4.69, 9.17) is 24.4 Å². The zero-order chi connectivity index (χ0) is 23.9. The lowest BCUT2D eigenvalue weighted by Gasteiger charge is -2.16. The van der Waals surface area contributed by atoms with Crippen LogP contribution in [0.1, 0.15) is 31.2 Å². The molecule has 0 radical (unpaired) electrons. The fourth-order valence-electron chi connectivity index (χ4n) is 5.04. The predicted octanol–water partition coefficient (Wildman–Crippen LogP) is 4.09. The molecule has 8 nitrogen and oxygen atoms in total. The van der Waals surface area contributed by atoms with Gasteiger partial charge in [0.2, 0.25) is 0 Å². The summed E-state index contributed by atoms with van der Waals surface area (Å²) in [4.78, 5) is 28.9. The number of methoxy groups -OCH3 is 1. The summed E-state index contributed by atoms with van der Waals surface area (Å²) in [7, 11) is 1.66. The van der Waals surface area contributed by atoms with E-state index in [2.05, 4.69) is 0 Å². The van der Waals surface area contributed by atoms with Crippen LogP contribution in [0.25, 0.3) is 33.2 Å². The molecule has 0 saturated carbocycles. The van der Waals surface area contributed by atoms with E-state index in [1.165, 1.54) is 0 Å². The van der Waals surface area contributed by atoms with Crippen molar-refractivity contribution in [3.8, 4) is 5.75 Å². The van der Waals surface area contributed by atoms with E-state index in [1.807, 2.05) is 60.0 Å². The predicted molar refractivity (Wildman–Crippen MR) is 135 cm³/mol. The van der Waals surface area contributed by atoms with Gasteiger partial charge in [0.25, 0.3) is 5.56 Å². The maximum absolute atomic E-state index is 14.0. The Kier molecular flexibility index (Phi) is 5.45. The largest absolute Gasteiger partial charge is 0.496 e. The van der Waals surface area contributed by atoms with Gasteiger partial charge in [-0.2, -0.15) is 0 Å². The van der Waals surface area contributed by atoms with Crippen LogP contribution in [-0.2, 0) is 24.2 Å². The van der Waals surface area contributed by atoms with Crippen LogP contribution in [-0.4, -0.2) is 43.9 Å². The molecule has 1 aliphatic heterocycles. The lowest BCUT2D eigenvalue weighted by atomic mass is 10.2. The van der Waals surface area contributed by atoms with Crippen molar-refractivity contribution in [1.82, 2.24) is 24.1 Å². The summed E-state index contributed by atoms with van der Waals surface area (Å²) in [6, 6.07) is 15.6. The van der Waals surface area contributed by atoms with Crippen LogP contribution in [0.2, 0.25) is 0 Å². The van der Waals surface area contributed by atoms with Crippen molar-refractivity contribution in [2.45, 2.75) is 45.4 Å². The van der Waals surface area contributed by atoms with Gasteiger partial charge in [-0.05, 0) is 31.0 Å². The van der Waals surface area contributed by atoms with Crippen LogP contribution >= 0.6 is 0 Å². The minimum atomic E-state index is -0.0873. The molecular formula is C27H27N5O3. The van der Waals surface area contributed by atoms with Crippen molar-refractivity contribution in [3.05, 3.63) is 70.3 Å². The Labute approximate surface area is 202 Å². The molecule has 3 aromatic heterocycles. The Bertz CT molecular complexity index is 1610. The van der Waals surface area contributed by atoms with E-state index in [0.717, 1.165) is 47.6 Å². The van der Waals surface area contributed by atoms with Gasteiger partial charge in [0.1, 0.15) is 22.5 Å². The number of aryl methyl sites for hydroxylation is 1. The highest BCUT2D eigenvalue weighted by Gasteiger charge is 2.25. The zero-order valence-electron chi connectivity index (χ0n) is 19.9. The normalized spacial score (nSPS) is 16.0. The van der Waals surface area contributed by atoms with Gasteiger partial charge in [0.15, 0.2) is 11.3 Å². The third-order valence-electron chi connectivity index (χ3n) is 6.78. The van der Waals surface area contributed by atoms with Gasteiger partial charge in [-0.3, -0.25) is 9.36 Å². The summed E-state index contributed by atoms with van der Waals surface area (Å²) in [5, 5.41) is 0.503. The fourth-order valence-corrected chi connectivity index (χ4v) is 5.04. The number of ether oxygens (including phenoxy) is 2. The van der Waals surface area contributed by atoms with Crippen molar-refractivity contribution in [2.75, 3.05) is 13.7 Å². The van der Waals surface area contributed by atoms with Crippen LogP contribution in [0.4, 0.5) is 0 Å². The van der Waals surface area contributed by atoms with Crippen LogP contribution in [0, 0.1) is 0 Å². The lowest BCUT2D eigenvalue weighted by Crippen LogP contribution is -2.30. The number of nitrogens with zero attached hydrogens (tertiary/aromatic N) is 5. The molecular weight excluding hydrogens is 442 g/mol. The van der Waals surface area contributed by atoms with Crippen LogP contribution in [0.15, 0.2) is 53.3 Å². The second kappa shape index (κ2) is 8.78. The third-order valence-corrected chi connectivity index (χ3v) is 6.78. The van der Waals surface area contributed by atoms with Crippen molar-refractivity contribution in [3.63, 3.8) is 0 Å². The first-order valence-electron chi connectivity index (χ1n) is 12.1. The molecule has 1 fully saturated rings. The van der Waals surface area contributed by atoms with Gasteiger partial charge in [-0.1, -0.05) is 37.3 Å². The molecule has 0 amide bonds. The van der Waals surface area contributed by atoms with Gasteiger partial charge in [0, 0.05) is 18.6 Å². The Morgan fingerprint density at radius 2 is 1.77 bits per heavy atom. The summed E-state index contributed by atoms with van der Waals surface area (Å²) in [6.45, 7) is 3.73. The highest BCUT2D eigenvalue weighted by atomic mass is 16.5. The minimum absolute atomic E-state index is 0.0334.